The Morgan fingerprint density at radius 3 is 2.32 bits per heavy atom. The Balaban J connectivity index is 1.34. The highest BCUT2D eigenvalue weighted by atomic mass is 16.5. The van der Waals surface area contributed by atoms with Crippen molar-refractivity contribution in [3.8, 4) is 11.1 Å². The van der Waals surface area contributed by atoms with Crippen LogP contribution in [0.5, 0.6) is 0 Å². The second-order valence-corrected chi connectivity index (χ2v) is 7.66. The van der Waals surface area contributed by atoms with E-state index in [-0.39, 0.29) is 24.6 Å². The molecular formula is C24H24N2O5. The third-order valence-electron chi connectivity index (χ3n) is 5.62. The molecular weight excluding hydrogens is 396 g/mol. The standard InChI is InChI=1S/C24H24N2O5/c1-14-10-15(11-25-23(14)29)22(28)21(27)12-26-24(30)31-13-20-18-8-4-2-6-16(18)17-7-3-5-9-19(17)20/h2-11,20-22,27-28H,12-13H2,1H3,(H,25,29)(H,26,30). The van der Waals surface area contributed by atoms with E-state index in [2.05, 4.69) is 22.4 Å². The minimum atomic E-state index is -1.26. The Kier molecular flexibility index (Phi) is 5.88. The van der Waals surface area contributed by atoms with E-state index >= 15 is 0 Å². The number of carbonyl (C=O) groups is 1. The molecule has 0 fully saturated rings. The SMILES string of the molecule is Cc1cc(C(O)C(O)CNC(=O)OCC2c3ccccc3-c3ccccc32)c[nH]c1=O. The molecule has 1 amide bonds. The van der Waals surface area contributed by atoms with Gasteiger partial charge in [0.25, 0.3) is 5.56 Å². The van der Waals surface area contributed by atoms with Crippen molar-refractivity contribution in [2.45, 2.75) is 25.0 Å². The fraction of sp³-hybridized carbons (Fsp3) is 0.250. The minimum absolute atomic E-state index is 0.0576. The third-order valence-corrected chi connectivity index (χ3v) is 5.62. The van der Waals surface area contributed by atoms with Gasteiger partial charge in [0.15, 0.2) is 0 Å². The third kappa shape index (κ3) is 4.23. The summed E-state index contributed by atoms with van der Waals surface area (Å²) in [6.45, 7) is 1.57. The number of aryl methyl sites for hydroxylation is 1. The van der Waals surface area contributed by atoms with Gasteiger partial charge >= 0.3 is 6.09 Å². The zero-order valence-corrected chi connectivity index (χ0v) is 17.0. The minimum Gasteiger partial charge on any atom is -0.449 e. The van der Waals surface area contributed by atoms with Gasteiger partial charge in [0.05, 0.1) is 0 Å². The Morgan fingerprint density at radius 1 is 1.10 bits per heavy atom. The molecule has 1 heterocycles. The number of aromatic nitrogens is 1. The lowest BCUT2D eigenvalue weighted by molar-refractivity contribution is 0.0183. The van der Waals surface area contributed by atoms with E-state index in [0.717, 1.165) is 22.3 Å². The van der Waals surface area contributed by atoms with Crippen molar-refractivity contribution in [2.24, 2.45) is 0 Å². The first-order chi connectivity index (χ1) is 15.0. The summed E-state index contributed by atoms with van der Waals surface area (Å²) in [6, 6.07) is 17.6. The van der Waals surface area contributed by atoms with Crippen LogP contribution in [0.15, 0.2) is 65.6 Å². The lowest BCUT2D eigenvalue weighted by Gasteiger charge is -2.19. The Bertz CT molecular complexity index is 1110. The lowest BCUT2D eigenvalue weighted by Crippen LogP contribution is -2.36. The molecule has 31 heavy (non-hydrogen) atoms. The number of ether oxygens (including phenoxy) is 1. The van der Waals surface area contributed by atoms with E-state index in [1.807, 2.05) is 36.4 Å². The molecule has 1 aromatic heterocycles. The predicted octanol–water partition coefficient (Wildman–Crippen LogP) is 2.62. The summed E-state index contributed by atoms with van der Waals surface area (Å²) in [5, 5.41) is 23.0. The number of benzene rings is 2. The van der Waals surface area contributed by atoms with Crippen LogP contribution >= 0.6 is 0 Å². The molecule has 160 valence electrons. The van der Waals surface area contributed by atoms with Gasteiger partial charge in [-0.15, -0.1) is 0 Å². The van der Waals surface area contributed by atoms with Crippen molar-refractivity contribution in [2.75, 3.05) is 13.2 Å². The summed E-state index contributed by atoms with van der Waals surface area (Å²) in [7, 11) is 0. The molecule has 0 saturated heterocycles. The molecule has 7 nitrogen and oxygen atoms in total. The van der Waals surface area contributed by atoms with Gasteiger partial charge in [0, 0.05) is 24.2 Å². The number of aromatic amines is 1. The smallest absolute Gasteiger partial charge is 0.407 e. The first-order valence-electron chi connectivity index (χ1n) is 10.1. The van der Waals surface area contributed by atoms with Gasteiger partial charge in [-0.2, -0.15) is 0 Å². The van der Waals surface area contributed by atoms with Crippen LogP contribution in [0.4, 0.5) is 4.79 Å². The number of fused-ring (bicyclic) bond motifs is 3. The van der Waals surface area contributed by atoms with Gasteiger partial charge < -0.3 is 25.3 Å². The Hall–Kier alpha value is -3.42. The van der Waals surface area contributed by atoms with Crippen molar-refractivity contribution in [1.82, 2.24) is 10.3 Å². The van der Waals surface area contributed by atoms with Crippen LogP contribution in [0.3, 0.4) is 0 Å². The molecule has 4 N–H and O–H groups in total. The number of aliphatic hydroxyl groups excluding tert-OH is 2. The van der Waals surface area contributed by atoms with Crippen molar-refractivity contribution < 1.29 is 19.7 Å². The van der Waals surface area contributed by atoms with Gasteiger partial charge in [-0.1, -0.05) is 48.5 Å². The molecule has 4 rings (SSSR count). The van der Waals surface area contributed by atoms with E-state index in [0.29, 0.717) is 11.1 Å². The number of alkyl carbamates (subject to hydrolysis) is 1. The van der Waals surface area contributed by atoms with E-state index < -0.39 is 18.3 Å². The van der Waals surface area contributed by atoms with Gasteiger partial charge in [-0.3, -0.25) is 4.79 Å². The molecule has 2 unspecified atom stereocenters. The summed E-state index contributed by atoms with van der Waals surface area (Å²) in [6.07, 6.45) is -1.85. The number of hydrogen-bond acceptors (Lipinski definition) is 5. The molecule has 7 heteroatoms. The van der Waals surface area contributed by atoms with Crippen LogP contribution in [0.2, 0.25) is 0 Å². The maximum Gasteiger partial charge on any atom is 0.407 e. The van der Waals surface area contributed by atoms with Gasteiger partial charge in [0.1, 0.15) is 18.8 Å². The molecule has 2 aromatic carbocycles. The monoisotopic (exact) mass is 420 g/mol. The number of H-pyrrole nitrogens is 1. The zero-order valence-electron chi connectivity index (χ0n) is 17.0. The number of nitrogens with one attached hydrogen (secondary N) is 2. The fourth-order valence-corrected chi connectivity index (χ4v) is 3.96. The topological polar surface area (TPSA) is 112 Å². The summed E-state index contributed by atoms with van der Waals surface area (Å²) in [5.41, 5.74) is 5.03. The summed E-state index contributed by atoms with van der Waals surface area (Å²) < 4.78 is 5.42. The van der Waals surface area contributed by atoms with Gasteiger partial charge in [-0.05, 0) is 40.8 Å². The molecule has 1 aliphatic rings. The van der Waals surface area contributed by atoms with Crippen molar-refractivity contribution in [3.63, 3.8) is 0 Å². The molecule has 0 saturated carbocycles. The molecule has 0 aliphatic heterocycles. The number of hydrogen-bond donors (Lipinski definition) is 4. The van der Waals surface area contributed by atoms with Crippen molar-refractivity contribution in [3.05, 3.63) is 93.4 Å². The van der Waals surface area contributed by atoms with Crippen LogP contribution in [-0.2, 0) is 4.74 Å². The highest BCUT2D eigenvalue weighted by Crippen LogP contribution is 2.44. The second-order valence-electron chi connectivity index (χ2n) is 7.66. The first kappa shape index (κ1) is 20.8. The summed E-state index contributed by atoms with van der Waals surface area (Å²) in [4.78, 5) is 26.2. The molecule has 1 aliphatic carbocycles. The second kappa shape index (κ2) is 8.75. The molecule has 0 radical (unpaired) electrons. The van der Waals surface area contributed by atoms with Crippen LogP contribution in [0.25, 0.3) is 11.1 Å². The number of carbonyl (C=O) groups excluding carboxylic acids is 1. The summed E-state index contributed by atoms with van der Waals surface area (Å²) in [5.74, 6) is -0.0576. The highest BCUT2D eigenvalue weighted by molar-refractivity contribution is 5.79. The number of amides is 1. The molecule has 0 spiro atoms. The molecule has 0 bridgehead atoms. The molecule has 3 aromatic rings. The number of pyridine rings is 1. The fourth-order valence-electron chi connectivity index (χ4n) is 3.96. The average Bonchev–Trinajstić information content (AvgIpc) is 3.11. The number of rotatable bonds is 6. The van der Waals surface area contributed by atoms with Crippen LogP contribution < -0.4 is 10.9 Å². The zero-order chi connectivity index (χ0) is 22.0. The normalized spacial score (nSPS) is 14.4. The van der Waals surface area contributed by atoms with E-state index in [4.69, 9.17) is 4.74 Å². The van der Waals surface area contributed by atoms with Crippen LogP contribution in [0, 0.1) is 6.92 Å². The van der Waals surface area contributed by atoms with Gasteiger partial charge in [0.2, 0.25) is 0 Å². The Morgan fingerprint density at radius 2 is 1.71 bits per heavy atom. The summed E-state index contributed by atoms with van der Waals surface area (Å²) >= 11 is 0. The Labute approximate surface area is 179 Å². The quantitative estimate of drug-likeness (QED) is 0.490. The molecule has 2 atom stereocenters. The van der Waals surface area contributed by atoms with Gasteiger partial charge in [-0.25, -0.2) is 4.79 Å². The first-order valence-corrected chi connectivity index (χ1v) is 10.1. The van der Waals surface area contributed by atoms with E-state index in [9.17, 15) is 19.8 Å². The maximum absolute atomic E-state index is 12.2. The van der Waals surface area contributed by atoms with Crippen LogP contribution in [-0.4, -0.2) is 40.5 Å². The maximum atomic E-state index is 12.2. The highest BCUT2D eigenvalue weighted by Gasteiger charge is 2.29. The van der Waals surface area contributed by atoms with Crippen LogP contribution in [0.1, 0.15) is 34.3 Å². The number of aliphatic hydroxyl groups is 2. The lowest BCUT2D eigenvalue weighted by atomic mass is 9.98. The average molecular weight is 420 g/mol. The van der Waals surface area contributed by atoms with E-state index in [1.165, 1.54) is 12.3 Å². The van der Waals surface area contributed by atoms with Crippen molar-refractivity contribution in [1.29, 1.82) is 0 Å². The predicted molar refractivity (Wildman–Crippen MR) is 116 cm³/mol. The largest absolute Gasteiger partial charge is 0.449 e. The van der Waals surface area contributed by atoms with E-state index in [1.54, 1.807) is 6.92 Å². The van der Waals surface area contributed by atoms with Crippen molar-refractivity contribution >= 4 is 6.09 Å².